The van der Waals surface area contributed by atoms with Gasteiger partial charge in [0.25, 0.3) is 0 Å². The van der Waals surface area contributed by atoms with E-state index in [9.17, 15) is 4.79 Å². The molecule has 0 heterocycles. The third kappa shape index (κ3) is 1.47. The minimum absolute atomic E-state index is 0.256. The van der Waals surface area contributed by atoms with Crippen LogP contribution in [-0.4, -0.2) is 27.4 Å². The van der Waals surface area contributed by atoms with Crippen LogP contribution in [0.1, 0.15) is 0 Å². The van der Waals surface area contributed by atoms with E-state index in [0.717, 1.165) is 6.08 Å². The van der Waals surface area contributed by atoms with Crippen LogP contribution in [0.25, 0.3) is 0 Å². The van der Waals surface area contributed by atoms with Crippen LogP contribution >= 0.6 is 0 Å². The molecule has 0 saturated carbocycles. The molecular weight excluding hydrogens is 148 g/mol. The Bertz CT molecular complexity index is 227. The Balaban J connectivity index is 2.92. The van der Waals surface area contributed by atoms with Gasteiger partial charge in [0, 0.05) is 6.08 Å². The SMILES string of the molecule is O=CC1C=CC(O)=CC1(O)O. The van der Waals surface area contributed by atoms with Crippen molar-refractivity contribution >= 4 is 6.29 Å². The Hall–Kier alpha value is -1.13. The molecule has 0 saturated heterocycles. The van der Waals surface area contributed by atoms with Crippen molar-refractivity contribution in [2.45, 2.75) is 5.79 Å². The number of hydrogen-bond donors (Lipinski definition) is 3. The molecule has 60 valence electrons. The summed E-state index contributed by atoms with van der Waals surface area (Å²) in [6, 6.07) is 0. The highest BCUT2D eigenvalue weighted by molar-refractivity contribution is 5.60. The van der Waals surface area contributed by atoms with Crippen LogP contribution in [0.2, 0.25) is 0 Å². The lowest BCUT2D eigenvalue weighted by Crippen LogP contribution is -2.37. The van der Waals surface area contributed by atoms with Crippen molar-refractivity contribution in [3.8, 4) is 0 Å². The monoisotopic (exact) mass is 156 g/mol. The zero-order valence-corrected chi connectivity index (χ0v) is 5.64. The highest BCUT2D eigenvalue weighted by Gasteiger charge is 2.32. The molecule has 0 fully saturated rings. The summed E-state index contributed by atoms with van der Waals surface area (Å²) in [6.45, 7) is 0. The first kappa shape index (κ1) is 7.97. The molecule has 0 radical (unpaired) electrons. The van der Waals surface area contributed by atoms with Gasteiger partial charge in [0.05, 0.1) is 5.92 Å². The molecule has 1 aliphatic rings. The number of rotatable bonds is 1. The summed E-state index contributed by atoms with van der Waals surface area (Å²) < 4.78 is 0. The van der Waals surface area contributed by atoms with Gasteiger partial charge in [0.1, 0.15) is 12.0 Å². The molecule has 4 heteroatoms. The van der Waals surface area contributed by atoms with Gasteiger partial charge in [-0.15, -0.1) is 0 Å². The number of aliphatic hydroxyl groups excluding tert-OH is 1. The van der Waals surface area contributed by atoms with E-state index in [-0.39, 0.29) is 5.76 Å². The molecule has 0 spiro atoms. The molecule has 1 atom stereocenters. The van der Waals surface area contributed by atoms with Gasteiger partial charge in [0.15, 0.2) is 5.79 Å². The second-order valence-electron chi connectivity index (χ2n) is 2.37. The van der Waals surface area contributed by atoms with Gasteiger partial charge >= 0.3 is 0 Å². The van der Waals surface area contributed by atoms with Crippen molar-refractivity contribution in [1.82, 2.24) is 0 Å². The van der Waals surface area contributed by atoms with Crippen LogP contribution in [-0.2, 0) is 4.79 Å². The fourth-order valence-electron chi connectivity index (χ4n) is 0.851. The molecule has 0 amide bonds. The van der Waals surface area contributed by atoms with Crippen molar-refractivity contribution in [1.29, 1.82) is 0 Å². The standard InChI is InChI=1S/C7H8O4/c8-4-5-1-2-6(9)3-7(5,10)11/h1-5,9-11H. The van der Waals surface area contributed by atoms with Crippen LogP contribution in [0.15, 0.2) is 24.0 Å². The molecule has 0 aliphatic heterocycles. The molecule has 4 nitrogen and oxygen atoms in total. The Morgan fingerprint density at radius 1 is 1.55 bits per heavy atom. The first-order chi connectivity index (χ1) is 5.06. The van der Waals surface area contributed by atoms with Crippen molar-refractivity contribution in [3.05, 3.63) is 24.0 Å². The molecule has 0 aromatic carbocycles. The lowest BCUT2D eigenvalue weighted by atomic mass is 9.95. The van der Waals surface area contributed by atoms with Gasteiger partial charge in [-0.3, -0.25) is 0 Å². The summed E-state index contributed by atoms with van der Waals surface area (Å²) in [5.41, 5.74) is 0. The highest BCUT2D eigenvalue weighted by atomic mass is 16.5. The third-order valence-electron chi connectivity index (χ3n) is 1.47. The fourth-order valence-corrected chi connectivity index (χ4v) is 0.851. The topological polar surface area (TPSA) is 77.8 Å². The van der Waals surface area contributed by atoms with E-state index in [2.05, 4.69) is 0 Å². The molecule has 1 rings (SSSR count). The van der Waals surface area contributed by atoms with Gasteiger partial charge in [-0.2, -0.15) is 0 Å². The smallest absolute Gasteiger partial charge is 0.199 e. The van der Waals surface area contributed by atoms with Crippen LogP contribution in [0, 0.1) is 5.92 Å². The van der Waals surface area contributed by atoms with Crippen molar-refractivity contribution < 1.29 is 20.1 Å². The summed E-state index contributed by atoms with van der Waals surface area (Å²) in [6.07, 6.45) is 3.68. The number of allylic oxidation sites excluding steroid dienone is 1. The summed E-state index contributed by atoms with van der Waals surface area (Å²) in [5.74, 6) is -3.51. The number of hydrogen-bond acceptors (Lipinski definition) is 4. The summed E-state index contributed by atoms with van der Waals surface area (Å²) in [5, 5.41) is 26.9. The van der Waals surface area contributed by atoms with E-state index in [1.165, 1.54) is 12.2 Å². The predicted molar refractivity (Wildman–Crippen MR) is 36.6 cm³/mol. The predicted octanol–water partition coefficient (Wildman–Crippen LogP) is -0.506. The Labute approximate surface area is 63.1 Å². The average molecular weight is 156 g/mol. The van der Waals surface area contributed by atoms with E-state index < -0.39 is 11.7 Å². The van der Waals surface area contributed by atoms with Gasteiger partial charge in [0.2, 0.25) is 0 Å². The molecule has 3 N–H and O–H groups in total. The number of carbonyl (C=O) groups is 1. The van der Waals surface area contributed by atoms with Crippen LogP contribution in [0.4, 0.5) is 0 Å². The largest absolute Gasteiger partial charge is 0.508 e. The van der Waals surface area contributed by atoms with Gasteiger partial charge < -0.3 is 20.1 Å². The van der Waals surface area contributed by atoms with E-state index in [1.54, 1.807) is 0 Å². The fraction of sp³-hybridized carbons (Fsp3) is 0.286. The zero-order chi connectivity index (χ0) is 8.48. The minimum Gasteiger partial charge on any atom is -0.508 e. The highest BCUT2D eigenvalue weighted by Crippen LogP contribution is 2.21. The minimum atomic E-state index is -2.25. The summed E-state index contributed by atoms with van der Waals surface area (Å²) >= 11 is 0. The molecular formula is C7H8O4. The molecule has 0 aromatic heterocycles. The lowest BCUT2D eigenvalue weighted by molar-refractivity contribution is -0.155. The maximum absolute atomic E-state index is 10.2. The van der Waals surface area contributed by atoms with Gasteiger partial charge in [-0.05, 0) is 6.08 Å². The number of carbonyl (C=O) groups excluding carboxylic acids is 1. The number of aliphatic hydroxyl groups is 3. The van der Waals surface area contributed by atoms with Crippen LogP contribution < -0.4 is 0 Å². The van der Waals surface area contributed by atoms with E-state index in [4.69, 9.17) is 15.3 Å². The molecule has 11 heavy (non-hydrogen) atoms. The lowest BCUT2D eigenvalue weighted by Gasteiger charge is -2.24. The Kier molecular flexibility index (Phi) is 1.80. The van der Waals surface area contributed by atoms with Crippen LogP contribution in [0.5, 0.6) is 0 Å². The Morgan fingerprint density at radius 3 is 2.64 bits per heavy atom. The quantitative estimate of drug-likeness (QED) is 0.353. The molecule has 0 aromatic rings. The maximum Gasteiger partial charge on any atom is 0.199 e. The number of aldehydes is 1. The maximum atomic E-state index is 10.2. The normalized spacial score (nSPS) is 27.8. The van der Waals surface area contributed by atoms with Crippen molar-refractivity contribution in [2.24, 2.45) is 5.92 Å². The third-order valence-corrected chi connectivity index (χ3v) is 1.47. The second-order valence-corrected chi connectivity index (χ2v) is 2.37. The van der Waals surface area contributed by atoms with Crippen molar-refractivity contribution in [3.63, 3.8) is 0 Å². The average Bonchev–Trinajstić information content (AvgIpc) is 1.85. The van der Waals surface area contributed by atoms with E-state index in [1.807, 2.05) is 0 Å². The summed E-state index contributed by atoms with van der Waals surface area (Å²) in [7, 11) is 0. The second kappa shape index (κ2) is 2.48. The molecule has 1 aliphatic carbocycles. The first-order valence-electron chi connectivity index (χ1n) is 3.06. The van der Waals surface area contributed by atoms with Crippen molar-refractivity contribution in [2.75, 3.05) is 0 Å². The molecule has 1 unspecified atom stereocenters. The van der Waals surface area contributed by atoms with E-state index >= 15 is 0 Å². The van der Waals surface area contributed by atoms with E-state index in [0.29, 0.717) is 6.29 Å². The molecule has 0 bridgehead atoms. The first-order valence-corrected chi connectivity index (χ1v) is 3.06. The van der Waals surface area contributed by atoms with Gasteiger partial charge in [-0.25, -0.2) is 0 Å². The van der Waals surface area contributed by atoms with Gasteiger partial charge in [-0.1, -0.05) is 6.08 Å². The van der Waals surface area contributed by atoms with Crippen LogP contribution in [0.3, 0.4) is 0 Å². The Morgan fingerprint density at radius 2 is 2.18 bits per heavy atom. The zero-order valence-electron chi connectivity index (χ0n) is 5.64. The summed E-state index contributed by atoms with van der Waals surface area (Å²) in [4.78, 5) is 10.2.